The van der Waals surface area contributed by atoms with E-state index in [2.05, 4.69) is 0 Å². The van der Waals surface area contributed by atoms with E-state index in [-0.39, 0.29) is 23.0 Å². The van der Waals surface area contributed by atoms with Crippen LogP contribution in [0.1, 0.15) is 44.7 Å². The van der Waals surface area contributed by atoms with Crippen molar-refractivity contribution in [2.75, 3.05) is 0 Å². The fourth-order valence-corrected chi connectivity index (χ4v) is 1.72. The normalized spacial score (nSPS) is 13.5. The van der Waals surface area contributed by atoms with Gasteiger partial charge >= 0.3 is 0 Å². The van der Waals surface area contributed by atoms with Crippen LogP contribution in [0.3, 0.4) is 0 Å². The molecule has 0 saturated carbocycles. The minimum absolute atomic E-state index is 0.127. The summed E-state index contributed by atoms with van der Waals surface area (Å²) in [5.74, 6) is -0.476. The number of carbonyl (C=O) groups excluding carboxylic acids is 1. The number of phenols is 1. The minimum Gasteiger partial charge on any atom is -0.508 e. The van der Waals surface area contributed by atoms with Gasteiger partial charge in [-0.25, -0.2) is 0 Å². The van der Waals surface area contributed by atoms with Crippen molar-refractivity contribution in [3.63, 3.8) is 0 Å². The van der Waals surface area contributed by atoms with Gasteiger partial charge in [0.1, 0.15) is 5.75 Å². The van der Waals surface area contributed by atoms with Crippen molar-refractivity contribution in [1.82, 2.24) is 0 Å². The second-order valence-corrected chi connectivity index (χ2v) is 5.15. The third kappa shape index (κ3) is 2.54. The van der Waals surface area contributed by atoms with Crippen LogP contribution in [-0.2, 0) is 10.2 Å². The lowest BCUT2D eigenvalue weighted by Gasteiger charge is -2.25. The molecule has 1 aromatic rings. The fourth-order valence-electron chi connectivity index (χ4n) is 1.72. The number of primary amides is 1. The molecule has 0 aliphatic heterocycles. The number of amides is 1. The zero-order valence-electron chi connectivity index (χ0n) is 10.2. The number of carbonyl (C=O) groups is 1. The molecule has 1 amide bonds. The van der Waals surface area contributed by atoms with Crippen molar-refractivity contribution in [1.29, 1.82) is 0 Å². The van der Waals surface area contributed by atoms with Gasteiger partial charge in [-0.15, -0.1) is 0 Å². The summed E-state index contributed by atoms with van der Waals surface area (Å²) >= 11 is 0. The maximum atomic E-state index is 11.2. The molecule has 3 heteroatoms. The predicted octanol–water partition coefficient (Wildman–Crippen LogP) is 2.28. The van der Waals surface area contributed by atoms with Gasteiger partial charge in [-0.2, -0.15) is 0 Å². The number of aromatic hydroxyl groups is 1. The van der Waals surface area contributed by atoms with Gasteiger partial charge in [-0.3, -0.25) is 4.79 Å². The molecule has 0 heterocycles. The van der Waals surface area contributed by atoms with Gasteiger partial charge in [0.2, 0.25) is 5.91 Å². The van der Waals surface area contributed by atoms with Crippen LogP contribution in [0.25, 0.3) is 0 Å². The van der Waals surface area contributed by atoms with Crippen molar-refractivity contribution in [2.45, 2.75) is 39.0 Å². The van der Waals surface area contributed by atoms with Crippen molar-refractivity contribution in [3.8, 4) is 5.75 Å². The van der Waals surface area contributed by atoms with E-state index in [1.54, 1.807) is 25.1 Å². The molecular formula is C13H19NO2. The molecule has 1 rings (SSSR count). The molecule has 16 heavy (non-hydrogen) atoms. The molecule has 0 bridgehead atoms. The van der Waals surface area contributed by atoms with E-state index in [1.165, 1.54) is 0 Å². The maximum absolute atomic E-state index is 11.2. The van der Waals surface area contributed by atoms with Gasteiger partial charge in [0, 0.05) is 0 Å². The van der Waals surface area contributed by atoms with Crippen molar-refractivity contribution in [3.05, 3.63) is 29.3 Å². The Bertz CT molecular complexity index is 405. The monoisotopic (exact) mass is 221 g/mol. The van der Waals surface area contributed by atoms with E-state index < -0.39 is 0 Å². The van der Waals surface area contributed by atoms with Gasteiger partial charge in [0.05, 0.1) is 5.92 Å². The van der Waals surface area contributed by atoms with Crippen LogP contribution in [0.15, 0.2) is 18.2 Å². The lowest BCUT2D eigenvalue weighted by Crippen LogP contribution is -2.23. The molecule has 0 aromatic heterocycles. The molecule has 3 nitrogen and oxygen atoms in total. The highest BCUT2D eigenvalue weighted by Crippen LogP contribution is 2.32. The van der Waals surface area contributed by atoms with E-state index >= 15 is 0 Å². The summed E-state index contributed by atoms with van der Waals surface area (Å²) in [5.41, 5.74) is 7.03. The van der Waals surface area contributed by atoms with Crippen LogP contribution in [0, 0.1) is 0 Å². The summed E-state index contributed by atoms with van der Waals surface area (Å²) in [4.78, 5) is 11.2. The molecule has 88 valence electrons. The number of hydrogen-bond donors (Lipinski definition) is 2. The van der Waals surface area contributed by atoms with Crippen LogP contribution in [-0.4, -0.2) is 11.0 Å². The quantitative estimate of drug-likeness (QED) is 0.804. The first-order valence-electron chi connectivity index (χ1n) is 5.36. The Labute approximate surface area is 96.3 Å². The number of phenolic OH excluding ortho intramolecular Hbond substituents is 1. The highest BCUT2D eigenvalue weighted by atomic mass is 16.3. The summed E-state index contributed by atoms with van der Waals surface area (Å²) < 4.78 is 0. The lowest BCUT2D eigenvalue weighted by molar-refractivity contribution is -0.119. The highest BCUT2D eigenvalue weighted by Gasteiger charge is 2.23. The molecule has 0 aliphatic rings. The summed E-state index contributed by atoms with van der Waals surface area (Å²) in [6.45, 7) is 7.90. The molecule has 0 saturated heterocycles. The summed E-state index contributed by atoms with van der Waals surface area (Å²) in [6.07, 6.45) is 0. The number of hydrogen-bond acceptors (Lipinski definition) is 2. The molecule has 1 aromatic carbocycles. The summed E-state index contributed by atoms with van der Waals surface area (Å²) in [7, 11) is 0. The van der Waals surface area contributed by atoms with Crippen molar-refractivity contribution >= 4 is 5.91 Å². The van der Waals surface area contributed by atoms with Crippen LogP contribution < -0.4 is 5.73 Å². The Kier molecular flexibility index (Phi) is 3.27. The average Bonchev–Trinajstić information content (AvgIpc) is 2.15. The number of benzene rings is 1. The first-order valence-corrected chi connectivity index (χ1v) is 5.36. The second-order valence-electron chi connectivity index (χ2n) is 5.15. The Balaban J connectivity index is 3.34. The van der Waals surface area contributed by atoms with Crippen LogP contribution in [0.4, 0.5) is 0 Å². The van der Waals surface area contributed by atoms with E-state index in [0.717, 1.165) is 11.1 Å². The van der Waals surface area contributed by atoms with E-state index in [1.807, 2.05) is 20.8 Å². The Morgan fingerprint density at radius 2 is 1.94 bits per heavy atom. The van der Waals surface area contributed by atoms with Crippen molar-refractivity contribution in [2.24, 2.45) is 5.73 Å². The largest absolute Gasteiger partial charge is 0.508 e. The molecule has 0 aliphatic carbocycles. The summed E-state index contributed by atoms with van der Waals surface area (Å²) in [6, 6.07) is 5.06. The fraction of sp³-hybridized carbons (Fsp3) is 0.462. The SMILES string of the molecule is CC(C(N)=O)c1ccc(O)cc1C(C)(C)C. The van der Waals surface area contributed by atoms with Crippen LogP contribution in [0.2, 0.25) is 0 Å². The van der Waals surface area contributed by atoms with Crippen molar-refractivity contribution < 1.29 is 9.90 Å². The number of nitrogens with two attached hydrogens (primary N) is 1. The first kappa shape index (κ1) is 12.6. The van der Waals surface area contributed by atoms with E-state index in [0.29, 0.717) is 0 Å². The smallest absolute Gasteiger partial charge is 0.224 e. The third-order valence-electron chi connectivity index (χ3n) is 2.74. The zero-order valence-corrected chi connectivity index (χ0v) is 10.2. The molecule has 0 radical (unpaired) electrons. The maximum Gasteiger partial charge on any atom is 0.224 e. The third-order valence-corrected chi connectivity index (χ3v) is 2.74. The minimum atomic E-state index is -0.351. The average molecular weight is 221 g/mol. The van der Waals surface area contributed by atoms with Crippen LogP contribution >= 0.6 is 0 Å². The summed E-state index contributed by atoms with van der Waals surface area (Å²) in [5, 5.41) is 9.51. The molecule has 1 unspecified atom stereocenters. The molecule has 0 fully saturated rings. The topological polar surface area (TPSA) is 63.3 Å². The highest BCUT2D eigenvalue weighted by molar-refractivity contribution is 5.82. The Morgan fingerprint density at radius 1 is 1.38 bits per heavy atom. The van der Waals surface area contributed by atoms with Gasteiger partial charge in [0.25, 0.3) is 0 Å². The molecule has 3 N–H and O–H groups in total. The predicted molar refractivity (Wildman–Crippen MR) is 64.4 cm³/mol. The van der Waals surface area contributed by atoms with Gasteiger partial charge in [-0.1, -0.05) is 26.8 Å². The second kappa shape index (κ2) is 4.16. The first-order chi connectivity index (χ1) is 7.23. The van der Waals surface area contributed by atoms with Crippen LogP contribution in [0.5, 0.6) is 5.75 Å². The molecule has 1 atom stereocenters. The van der Waals surface area contributed by atoms with Gasteiger partial charge in [-0.05, 0) is 35.6 Å². The van der Waals surface area contributed by atoms with Gasteiger partial charge < -0.3 is 10.8 Å². The van der Waals surface area contributed by atoms with Gasteiger partial charge in [0.15, 0.2) is 0 Å². The molecule has 0 spiro atoms. The Hall–Kier alpha value is -1.51. The molecular weight excluding hydrogens is 202 g/mol. The van der Waals surface area contributed by atoms with E-state index in [9.17, 15) is 9.90 Å². The number of rotatable bonds is 2. The Morgan fingerprint density at radius 3 is 2.38 bits per heavy atom. The standard InChI is InChI=1S/C13H19NO2/c1-8(12(14)16)10-6-5-9(15)7-11(10)13(2,3)4/h5-8,15H,1-4H3,(H2,14,16). The zero-order chi connectivity index (χ0) is 12.5. The lowest BCUT2D eigenvalue weighted by atomic mass is 9.80. The van der Waals surface area contributed by atoms with E-state index in [4.69, 9.17) is 5.73 Å².